The number of aromatic amines is 1. The van der Waals surface area contributed by atoms with Crippen molar-refractivity contribution in [2.24, 2.45) is 0 Å². The van der Waals surface area contributed by atoms with E-state index in [1.807, 2.05) is 0 Å². The van der Waals surface area contributed by atoms with Crippen molar-refractivity contribution in [1.82, 2.24) is 15.3 Å². The van der Waals surface area contributed by atoms with Crippen LogP contribution in [-0.4, -0.2) is 21.8 Å². The topological polar surface area (TPSA) is 104 Å². The van der Waals surface area contributed by atoms with Crippen molar-refractivity contribution in [3.63, 3.8) is 0 Å². The van der Waals surface area contributed by atoms with Crippen LogP contribution in [0.5, 0.6) is 0 Å². The molecule has 0 fully saturated rings. The van der Waals surface area contributed by atoms with Crippen molar-refractivity contribution in [1.29, 1.82) is 0 Å². The number of amides is 2. The van der Waals surface area contributed by atoms with Gasteiger partial charge in [0.25, 0.3) is 0 Å². The van der Waals surface area contributed by atoms with E-state index in [1.165, 1.54) is 18.5 Å². The average Bonchev–Trinajstić information content (AvgIpc) is 2.48. The predicted molar refractivity (Wildman–Crippen MR) is 71.8 cm³/mol. The van der Waals surface area contributed by atoms with E-state index in [1.54, 1.807) is 24.4 Å². The second kappa shape index (κ2) is 6.28. The van der Waals surface area contributed by atoms with Crippen molar-refractivity contribution < 1.29 is 9.59 Å². The first kappa shape index (κ1) is 13.5. The number of hydrogen-bond donors (Lipinski definition) is 3. The molecular formula is C13H12N4O3. The highest BCUT2D eigenvalue weighted by Crippen LogP contribution is 1.95. The number of rotatable bonds is 3. The molecule has 0 bridgehead atoms. The van der Waals surface area contributed by atoms with Gasteiger partial charge in [-0.15, -0.1) is 0 Å². The Morgan fingerprint density at radius 1 is 1.20 bits per heavy atom. The summed E-state index contributed by atoms with van der Waals surface area (Å²) in [6.07, 6.45) is 4.33. The smallest absolute Gasteiger partial charge is 0.313 e. The van der Waals surface area contributed by atoms with Gasteiger partial charge in [0.15, 0.2) is 0 Å². The minimum Gasteiger partial charge on any atom is -0.366 e. The van der Waals surface area contributed by atoms with Gasteiger partial charge in [0.2, 0.25) is 5.43 Å². The van der Waals surface area contributed by atoms with Crippen LogP contribution in [0.2, 0.25) is 0 Å². The Hall–Kier alpha value is -2.96. The molecule has 0 atom stereocenters. The number of H-pyrrole nitrogens is 1. The maximum atomic E-state index is 11.6. The lowest BCUT2D eigenvalue weighted by atomic mass is 10.3. The van der Waals surface area contributed by atoms with Crippen molar-refractivity contribution >= 4 is 17.5 Å². The highest BCUT2D eigenvalue weighted by molar-refractivity contribution is 6.39. The van der Waals surface area contributed by atoms with E-state index in [2.05, 4.69) is 20.6 Å². The second-order valence-electron chi connectivity index (χ2n) is 3.88. The molecule has 0 spiro atoms. The van der Waals surface area contributed by atoms with Crippen LogP contribution in [0.25, 0.3) is 0 Å². The van der Waals surface area contributed by atoms with E-state index in [-0.39, 0.29) is 17.7 Å². The van der Waals surface area contributed by atoms with E-state index in [0.29, 0.717) is 5.69 Å². The van der Waals surface area contributed by atoms with E-state index in [9.17, 15) is 14.4 Å². The van der Waals surface area contributed by atoms with Crippen LogP contribution in [0.3, 0.4) is 0 Å². The number of aromatic nitrogens is 2. The number of anilines is 1. The predicted octanol–water partition coefficient (Wildman–Crippen LogP) is 0.0248. The van der Waals surface area contributed by atoms with Gasteiger partial charge in [-0.25, -0.2) is 0 Å². The largest absolute Gasteiger partial charge is 0.366 e. The molecule has 0 aliphatic carbocycles. The standard InChI is InChI=1S/C13H12N4O3/c18-11-4-6-14-8-10(11)17-13(20)12(19)16-7-9-3-1-2-5-15-9/h1-6,8H,7H2,(H,14,18)(H,16,19)(H,17,20). The quantitative estimate of drug-likeness (QED) is 0.685. The second-order valence-corrected chi connectivity index (χ2v) is 3.88. The van der Waals surface area contributed by atoms with E-state index in [0.717, 1.165) is 0 Å². The zero-order valence-electron chi connectivity index (χ0n) is 10.4. The number of carbonyl (C=O) groups is 2. The molecule has 0 aliphatic rings. The van der Waals surface area contributed by atoms with Gasteiger partial charge in [-0.1, -0.05) is 6.07 Å². The summed E-state index contributed by atoms with van der Waals surface area (Å²) < 4.78 is 0. The Kier molecular flexibility index (Phi) is 4.23. The third-order valence-corrected chi connectivity index (χ3v) is 2.43. The van der Waals surface area contributed by atoms with Crippen LogP contribution in [0.4, 0.5) is 5.69 Å². The Morgan fingerprint density at radius 3 is 2.75 bits per heavy atom. The lowest BCUT2D eigenvalue weighted by molar-refractivity contribution is -0.136. The molecule has 0 radical (unpaired) electrons. The number of nitrogens with one attached hydrogen (secondary N) is 3. The van der Waals surface area contributed by atoms with Crippen LogP contribution in [0.1, 0.15) is 5.69 Å². The Morgan fingerprint density at radius 2 is 2.05 bits per heavy atom. The van der Waals surface area contributed by atoms with E-state index >= 15 is 0 Å². The summed E-state index contributed by atoms with van der Waals surface area (Å²) in [5.41, 5.74) is 0.270. The number of hydrogen-bond acceptors (Lipinski definition) is 4. The first-order valence-corrected chi connectivity index (χ1v) is 5.83. The summed E-state index contributed by atoms with van der Waals surface area (Å²) in [5, 5.41) is 4.64. The molecule has 0 saturated heterocycles. The molecule has 2 aromatic rings. The minimum atomic E-state index is -0.905. The van der Waals surface area contributed by atoms with Crippen molar-refractivity contribution in [3.8, 4) is 0 Å². The van der Waals surface area contributed by atoms with Crippen LogP contribution in [0.15, 0.2) is 47.7 Å². The van der Waals surface area contributed by atoms with Crippen molar-refractivity contribution in [2.75, 3.05) is 5.32 Å². The molecule has 2 aromatic heterocycles. The van der Waals surface area contributed by atoms with Crippen LogP contribution < -0.4 is 16.1 Å². The summed E-state index contributed by atoms with van der Waals surface area (Å²) in [5.74, 6) is -1.74. The molecule has 0 aromatic carbocycles. The number of carbonyl (C=O) groups excluding carboxylic acids is 2. The van der Waals surface area contributed by atoms with Gasteiger partial charge in [0.05, 0.1) is 12.2 Å². The van der Waals surface area contributed by atoms with Gasteiger partial charge in [0.1, 0.15) is 5.69 Å². The lowest BCUT2D eigenvalue weighted by Gasteiger charge is -2.05. The normalized spacial score (nSPS) is 9.80. The molecule has 102 valence electrons. The number of nitrogens with zero attached hydrogens (tertiary/aromatic N) is 1. The first-order valence-electron chi connectivity index (χ1n) is 5.83. The fourth-order valence-corrected chi connectivity index (χ4v) is 1.45. The highest BCUT2D eigenvalue weighted by atomic mass is 16.2. The molecule has 0 aliphatic heterocycles. The van der Waals surface area contributed by atoms with Gasteiger partial charge in [-0.2, -0.15) is 0 Å². The SMILES string of the molecule is O=C(NCc1ccccn1)C(=O)Nc1c[nH]ccc1=O. The minimum absolute atomic E-state index is 0.0190. The molecule has 7 heteroatoms. The average molecular weight is 272 g/mol. The summed E-state index contributed by atoms with van der Waals surface area (Å²) in [6, 6.07) is 6.50. The fraction of sp³-hybridized carbons (Fsp3) is 0.0769. The molecule has 0 unspecified atom stereocenters. The molecule has 2 heterocycles. The maximum Gasteiger partial charge on any atom is 0.313 e. The lowest BCUT2D eigenvalue weighted by Crippen LogP contribution is -2.36. The number of pyridine rings is 2. The van der Waals surface area contributed by atoms with Crippen molar-refractivity contribution in [3.05, 3.63) is 58.8 Å². The summed E-state index contributed by atoms with van der Waals surface area (Å²) in [6.45, 7) is 0.137. The summed E-state index contributed by atoms with van der Waals surface area (Å²) >= 11 is 0. The summed E-state index contributed by atoms with van der Waals surface area (Å²) in [7, 11) is 0. The molecule has 7 nitrogen and oxygen atoms in total. The molecule has 20 heavy (non-hydrogen) atoms. The van der Waals surface area contributed by atoms with Crippen LogP contribution in [-0.2, 0) is 16.1 Å². The van der Waals surface area contributed by atoms with Gasteiger partial charge < -0.3 is 15.6 Å². The van der Waals surface area contributed by atoms with Gasteiger partial charge >= 0.3 is 11.8 Å². The fourth-order valence-electron chi connectivity index (χ4n) is 1.45. The molecule has 0 saturated carbocycles. The zero-order valence-corrected chi connectivity index (χ0v) is 10.4. The van der Waals surface area contributed by atoms with Crippen LogP contribution in [0, 0.1) is 0 Å². The summed E-state index contributed by atoms with van der Waals surface area (Å²) in [4.78, 5) is 41.2. The van der Waals surface area contributed by atoms with E-state index in [4.69, 9.17) is 0 Å². The highest BCUT2D eigenvalue weighted by Gasteiger charge is 2.14. The molecule has 3 N–H and O–H groups in total. The Bertz CT molecular complexity index is 667. The van der Waals surface area contributed by atoms with Crippen molar-refractivity contribution in [2.45, 2.75) is 6.54 Å². The molecule has 2 amide bonds. The maximum absolute atomic E-state index is 11.6. The van der Waals surface area contributed by atoms with Crippen LogP contribution >= 0.6 is 0 Å². The third-order valence-electron chi connectivity index (χ3n) is 2.43. The Labute approximate surface area is 114 Å². The van der Waals surface area contributed by atoms with Gasteiger partial charge in [0, 0.05) is 24.7 Å². The third kappa shape index (κ3) is 3.52. The van der Waals surface area contributed by atoms with Gasteiger partial charge in [-0.05, 0) is 12.1 Å². The first-order chi connectivity index (χ1) is 9.66. The molecule has 2 rings (SSSR count). The zero-order chi connectivity index (χ0) is 14.4. The van der Waals surface area contributed by atoms with E-state index < -0.39 is 11.8 Å². The molecular weight excluding hydrogens is 260 g/mol. The van der Waals surface area contributed by atoms with Gasteiger partial charge in [-0.3, -0.25) is 19.4 Å². The Balaban J connectivity index is 1.91. The monoisotopic (exact) mass is 272 g/mol.